The van der Waals surface area contributed by atoms with Gasteiger partial charge in [-0.1, -0.05) is 255 Å². The second kappa shape index (κ2) is 19.3. The Kier molecular flexibility index (Phi) is 12.5. The molecule has 14 rings (SSSR count). The molecule has 420 valence electrons. The smallest absolute Gasteiger partial charge is 0.0726 e. The first-order valence-electron chi connectivity index (χ1n) is 31.2. The highest BCUT2D eigenvalue weighted by Crippen LogP contribution is 2.66. The van der Waals surface area contributed by atoms with Gasteiger partial charge in [-0.05, 0) is 205 Å². The summed E-state index contributed by atoms with van der Waals surface area (Å²) in [7, 11) is 0. The van der Waals surface area contributed by atoms with Gasteiger partial charge in [0, 0.05) is 21.9 Å². The van der Waals surface area contributed by atoms with Crippen molar-refractivity contribution in [1.29, 1.82) is 0 Å². The van der Waals surface area contributed by atoms with Crippen molar-refractivity contribution in [2.45, 2.75) is 155 Å². The fourth-order valence-corrected chi connectivity index (χ4v) is 16.2. The Morgan fingerprint density at radius 2 is 0.714 bits per heavy atom. The van der Waals surface area contributed by atoms with E-state index < -0.39 is 10.8 Å². The minimum absolute atomic E-state index is 0.0235. The molecule has 0 unspecified atom stereocenters. The average molecular weight is 1110 g/mol. The minimum atomic E-state index is -0.540. The summed E-state index contributed by atoms with van der Waals surface area (Å²) >= 11 is 1.88. The van der Waals surface area contributed by atoms with Crippen LogP contribution in [0.15, 0.2) is 193 Å². The van der Waals surface area contributed by atoms with E-state index in [1.807, 2.05) is 11.3 Å². The number of nitrogens with zero attached hydrogens (tertiary/aromatic N) is 1. The third kappa shape index (κ3) is 8.12. The number of aryl methyl sites for hydroxylation is 1. The summed E-state index contributed by atoms with van der Waals surface area (Å²) in [5, 5.41) is 2.29. The summed E-state index contributed by atoms with van der Waals surface area (Å²) in [6.45, 7) is 30.6. The lowest BCUT2D eigenvalue weighted by atomic mass is 9.68. The summed E-state index contributed by atoms with van der Waals surface area (Å²) < 4.78 is 0. The standard InChI is InChI=1S/C82H81NS/c1-14-15-16-17-22-51-43-44-84-76(51)52-27-33-57(34-28-52)83(58-36-42-70-67(49-58)61-24-19-21-26-69(61)81(70)71-45-53(77(2,3)4)29-37-62(71)63-38-30-54(46-72(63)81)78(5,6)7)59-35-41-66-60-23-18-20-25-68(60)82(75(66)50-59)73-47-55(79(8,9)10)31-39-64(73)65-40-32-56(48-74(65)82)80(11,12)13/h18-21,23-50H,14-17,22H2,1-13H3. The Morgan fingerprint density at radius 1 is 0.333 bits per heavy atom. The first kappa shape index (κ1) is 54.4. The molecule has 0 bridgehead atoms. The Balaban J connectivity index is 1.02. The van der Waals surface area contributed by atoms with Gasteiger partial charge in [-0.3, -0.25) is 0 Å². The van der Waals surface area contributed by atoms with Gasteiger partial charge in [-0.15, -0.1) is 11.3 Å². The summed E-state index contributed by atoms with van der Waals surface area (Å²) in [4.78, 5) is 3.97. The maximum atomic E-state index is 2.59. The predicted molar refractivity (Wildman–Crippen MR) is 360 cm³/mol. The first-order valence-corrected chi connectivity index (χ1v) is 32.1. The minimum Gasteiger partial charge on any atom is -0.310 e. The molecule has 1 nitrogen and oxygen atoms in total. The Morgan fingerprint density at radius 3 is 1.19 bits per heavy atom. The molecule has 4 aliphatic carbocycles. The molecular weight excluding hydrogens is 1030 g/mol. The lowest BCUT2D eigenvalue weighted by Crippen LogP contribution is -2.28. The molecule has 2 spiro atoms. The van der Waals surface area contributed by atoms with Crippen LogP contribution in [0.3, 0.4) is 0 Å². The predicted octanol–water partition coefficient (Wildman–Crippen LogP) is 22.9. The lowest BCUT2D eigenvalue weighted by molar-refractivity contribution is 0.586. The number of hydrogen-bond donors (Lipinski definition) is 0. The largest absolute Gasteiger partial charge is 0.310 e. The van der Waals surface area contributed by atoms with Crippen LogP contribution in [0.1, 0.15) is 188 Å². The highest BCUT2D eigenvalue weighted by Gasteiger charge is 2.54. The third-order valence-electron chi connectivity index (χ3n) is 19.7. The van der Waals surface area contributed by atoms with Crippen LogP contribution in [0.5, 0.6) is 0 Å². The second-order valence-corrected chi connectivity index (χ2v) is 30.0. The highest BCUT2D eigenvalue weighted by molar-refractivity contribution is 7.13. The van der Waals surface area contributed by atoms with Crippen molar-refractivity contribution in [3.8, 4) is 54.9 Å². The Labute approximate surface area is 505 Å². The van der Waals surface area contributed by atoms with Crippen molar-refractivity contribution < 1.29 is 0 Å². The molecule has 2 heteroatoms. The zero-order valence-corrected chi connectivity index (χ0v) is 52.7. The van der Waals surface area contributed by atoms with E-state index in [1.54, 1.807) is 0 Å². The number of unbranched alkanes of at least 4 members (excludes halogenated alkanes) is 3. The number of benzene rings is 9. The molecule has 0 N–H and O–H groups in total. The fraction of sp³-hybridized carbons (Fsp3) is 0.293. The molecule has 1 aromatic heterocycles. The van der Waals surface area contributed by atoms with Crippen LogP contribution in [0.4, 0.5) is 17.1 Å². The van der Waals surface area contributed by atoms with E-state index >= 15 is 0 Å². The van der Waals surface area contributed by atoms with E-state index in [4.69, 9.17) is 0 Å². The van der Waals surface area contributed by atoms with Gasteiger partial charge in [-0.25, -0.2) is 0 Å². The molecule has 0 fully saturated rings. The normalized spacial score (nSPS) is 14.7. The van der Waals surface area contributed by atoms with Gasteiger partial charge in [0.1, 0.15) is 0 Å². The van der Waals surface area contributed by atoms with Gasteiger partial charge in [0.05, 0.1) is 10.8 Å². The summed E-state index contributed by atoms with van der Waals surface area (Å²) in [5.74, 6) is 0. The van der Waals surface area contributed by atoms with Crippen molar-refractivity contribution in [1.82, 2.24) is 0 Å². The number of fused-ring (bicyclic) bond motifs is 20. The van der Waals surface area contributed by atoms with Gasteiger partial charge in [-0.2, -0.15) is 0 Å². The molecule has 0 radical (unpaired) electrons. The van der Waals surface area contributed by atoms with Crippen LogP contribution in [0.2, 0.25) is 0 Å². The summed E-state index contributed by atoms with van der Waals surface area (Å²) in [5.41, 5.74) is 32.1. The molecule has 0 saturated carbocycles. The molecule has 84 heavy (non-hydrogen) atoms. The van der Waals surface area contributed by atoms with E-state index in [-0.39, 0.29) is 21.7 Å². The molecule has 1 heterocycles. The van der Waals surface area contributed by atoms with E-state index in [0.717, 1.165) is 23.5 Å². The highest BCUT2D eigenvalue weighted by atomic mass is 32.1. The Bertz CT molecular complexity index is 4150. The molecule has 0 atom stereocenters. The first-order chi connectivity index (χ1) is 40.1. The molecule has 9 aromatic carbocycles. The van der Waals surface area contributed by atoms with Crippen LogP contribution >= 0.6 is 11.3 Å². The molecule has 4 aliphatic rings. The van der Waals surface area contributed by atoms with Crippen molar-refractivity contribution in [2.75, 3.05) is 4.90 Å². The number of thiophene rings is 1. The van der Waals surface area contributed by atoms with Crippen molar-refractivity contribution in [3.05, 3.63) is 266 Å². The molecule has 0 amide bonds. The third-order valence-corrected chi connectivity index (χ3v) is 20.8. The maximum Gasteiger partial charge on any atom is 0.0726 e. The number of rotatable bonds is 9. The quantitative estimate of drug-likeness (QED) is 0.130. The van der Waals surface area contributed by atoms with E-state index in [1.165, 1.54) is 153 Å². The van der Waals surface area contributed by atoms with Crippen LogP contribution in [-0.2, 0) is 38.9 Å². The topological polar surface area (TPSA) is 3.24 Å². The van der Waals surface area contributed by atoms with Gasteiger partial charge < -0.3 is 4.90 Å². The van der Waals surface area contributed by atoms with Gasteiger partial charge in [0.2, 0.25) is 0 Å². The zero-order valence-electron chi connectivity index (χ0n) is 51.9. The zero-order chi connectivity index (χ0) is 58.5. The van der Waals surface area contributed by atoms with Crippen molar-refractivity contribution >= 4 is 28.4 Å². The van der Waals surface area contributed by atoms with Crippen molar-refractivity contribution in [2.24, 2.45) is 0 Å². The molecule has 0 saturated heterocycles. The number of anilines is 3. The number of hydrogen-bond acceptors (Lipinski definition) is 2. The monoisotopic (exact) mass is 1110 g/mol. The summed E-state index contributed by atoms with van der Waals surface area (Å²) in [6.07, 6.45) is 6.17. The Hall–Kier alpha value is -7.52. The summed E-state index contributed by atoms with van der Waals surface area (Å²) in [6, 6.07) is 75.2. The SMILES string of the molecule is CCCCCCc1ccsc1-c1ccc(N(c2ccc3c(c2)-c2ccccc2C32c3cc(C(C)(C)C)ccc3-c3ccc(C(C)(C)C)cc32)c2ccc3c(c2)C2(c4ccccc4-3)c3cc(C(C)(C)C)ccc3-c3ccc(C(C)(C)C)cc32)cc1. The lowest BCUT2D eigenvalue weighted by Gasteiger charge is -2.34. The maximum absolute atomic E-state index is 2.59. The molecule has 10 aromatic rings. The van der Waals surface area contributed by atoms with E-state index in [0.29, 0.717) is 0 Å². The van der Waals surface area contributed by atoms with E-state index in [9.17, 15) is 0 Å². The van der Waals surface area contributed by atoms with E-state index in [2.05, 4.69) is 288 Å². The van der Waals surface area contributed by atoms with Gasteiger partial charge in [0.25, 0.3) is 0 Å². The molecular formula is C82H81NS. The fourth-order valence-electron chi connectivity index (χ4n) is 15.2. The van der Waals surface area contributed by atoms with Crippen LogP contribution < -0.4 is 4.90 Å². The molecule has 0 aliphatic heterocycles. The van der Waals surface area contributed by atoms with Gasteiger partial charge in [0.15, 0.2) is 0 Å². The van der Waals surface area contributed by atoms with Crippen LogP contribution in [-0.4, -0.2) is 0 Å². The van der Waals surface area contributed by atoms with Crippen LogP contribution in [0.25, 0.3) is 54.9 Å². The average Bonchev–Trinajstić information content (AvgIpc) is 1.53. The second-order valence-electron chi connectivity index (χ2n) is 29.1. The van der Waals surface area contributed by atoms with Gasteiger partial charge >= 0.3 is 0 Å². The van der Waals surface area contributed by atoms with Crippen LogP contribution in [0, 0.1) is 0 Å². The van der Waals surface area contributed by atoms with Crippen molar-refractivity contribution in [3.63, 3.8) is 0 Å².